The van der Waals surface area contributed by atoms with E-state index in [4.69, 9.17) is 15.6 Å². The Morgan fingerprint density at radius 3 is 2.50 bits per heavy atom. The van der Waals surface area contributed by atoms with Crippen LogP contribution in [0.5, 0.6) is 0 Å². The van der Waals surface area contributed by atoms with Crippen molar-refractivity contribution in [1.82, 2.24) is 0 Å². The fourth-order valence-corrected chi connectivity index (χ4v) is 0.823. The molecule has 0 radical (unpaired) electrons. The molecule has 0 aliphatic carbocycles. The summed E-state index contributed by atoms with van der Waals surface area (Å²) in [6, 6.07) is -0.0916. The molecule has 0 aromatic carbocycles. The first kappa shape index (κ1) is 9.68. The predicted octanol–water partition coefficient (Wildman–Crippen LogP) is -0.391. The first-order valence-electron chi connectivity index (χ1n) is 2.80. The van der Waals surface area contributed by atoms with Crippen molar-refractivity contribution in [3.05, 3.63) is 0 Å². The summed E-state index contributed by atoms with van der Waals surface area (Å²) < 4.78 is 4.80. The van der Waals surface area contributed by atoms with E-state index >= 15 is 0 Å². The number of hydrogen-bond acceptors (Lipinski definition) is 3. The Hall–Kier alpha value is -0.320. The third-order valence-corrected chi connectivity index (χ3v) is 1.30. The highest BCUT2D eigenvalue weighted by Gasteiger charge is 2.27. The van der Waals surface area contributed by atoms with Gasteiger partial charge in [0.2, 0.25) is 0 Å². The van der Waals surface area contributed by atoms with E-state index in [0.29, 0.717) is 13.0 Å². The van der Waals surface area contributed by atoms with Crippen molar-refractivity contribution >= 4 is 18.4 Å². The van der Waals surface area contributed by atoms with Crippen molar-refractivity contribution < 1.29 is 14.6 Å². The lowest BCUT2D eigenvalue weighted by Crippen LogP contribution is -2.22. The summed E-state index contributed by atoms with van der Waals surface area (Å²) in [5.41, 5.74) is 5.37. The second-order valence-electron chi connectivity index (χ2n) is 2.16. The van der Waals surface area contributed by atoms with Crippen LogP contribution in [-0.2, 0) is 9.53 Å². The number of aliphatic carboxylic acids is 1. The maximum absolute atomic E-state index is 10.2. The number of carbonyl (C=O) groups is 1. The minimum absolute atomic E-state index is 0. The highest BCUT2D eigenvalue weighted by Crippen LogP contribution is 2.10. The van der Waals surface area contributed by atoms with E-state index in [1.807, 2.05) is 0 Å². The van der Waals surface area contributed by atoms with E-state index in [1.165, 1.54) is 0 Å². The summed E-state index contributed by atoms with van der Waals surface area (Å²) in [6.07, 6.45) is -0.227. The highest BCUT2D eigenvalue weighted by atomic mass is 35.5. The third kappa shape index (κ3) is 2.13. The lowest BCUT2D eigenvalue weighted by molar-refractivity contribution is -0.147. The van der Waals surface area contributed by atoms with E-state index < -0.39 is 12.1 Å². The first-order chi connectivity index (χ1) is 4.20. The van der Waals surface area contributed by atoms with Gasteiger partial charge in [0.15, 0.2) is 6.10 Å². The lowest BCUT2D eigenvalue weighted by Gasteiger charge is -1.98. The molecule has 1 rings (SSSR count). The van der Waals surface area contributed by atoms with Crippen LogP contribution in [0.15, 0.2) is 0 Å². The molecule has 1 aliphatic heterocycles. The highest BCUT2D eigenvalue weighted by molar-refractivity contribution is 5.85. The molecule has 0 spiro atoms. The van der Waals surface area contributed by atoms with E-state index in [-0.39, 0.29) is 18.4 Å². The van der Waals surface area contributed by atoms with E-state index in [9.17, 15) is 4.79 Å². The topological polar surface area (TPSA) is 72.5 Å². The number of rotatable bonds is 1. The van der Waals surface area contributed by atoms with E-state index in [2.05, 4.69) is 0 Å². The Morgan fingerprint density at radius 2 is 2.30 bits per heavy atom. The Kier molecular flexibility index (Phi) is 3.63. The number of nitrogens with two attached hydrogens (primary N) is 1. The van der Waals surface area contributed by atoms with Crippen molar-refractivity contribution in [2.75, 3.05) is 6.61 Å². The van der Waals surface area contributed by atoms with E-state index in [1.54, 1.807) is 0 Å². The zero-order chi connectivity index (χ0) is 6.85. The number of ether oxygens (including phenoxy) is 1. The quantitative estimate of drug-likeness (QED) is 0.558. The van der Waals surface area contributed by atoms with Gasteiger partial charge in [0.1, 0.15) is 0 Å². The fourth-order valence-electron chi connectivity index (χ4n) is 0.823. The van der Waals surface area contributed by atoms with Gasteiger partial charge in [0, 0.05) is 12.5 Å². The van der Waals surface area contributed by atoms with Gasteiger partial charge in [-0.2, -0.15) is 0 Å². The molecular weight excluding hydrogens is 158 g/mol. The summed E-state index contributed by atoms with van der Waals surface area (Å²) in [7, 11) is 0. The number of carboxylic acid groups (broad SMARTS) is 1. The Bertz CT molecular complexity index is 130. The smallest absolute Gasteiger partial charge is 0.332 e. The maximum atomic E-state index is 10.2. The first-order valence-corrected chi connectivity index (χ1v) is 2.80. The van der Waals surface area contributed by atoms with Crippen LogP contribution >= 0.6 is 12.4 Å². The van der Waals surface area contributed by atoms with Crippen LogP contribution in [0.3, 0.4) is 0 Å². The molecule has 1 heterocycles. The lowest BCUT2D eigenvalue weighted by atomic mass is 10.2. The molecule has 1 saturated heterocycles. The zero-order valence-corrected chi connectivity index (χ0v) is 6.13. The average Bonchev–Trinajstić information content (AvgIpc) is 2.14. The molecular formula is C5H10ClNO3. The van der Waals surface area contributed by atoms with Crippen molar-refractivity contribution in [1.29, 1.82) is 0 Å². The fraction of sp³-hybridized carbons (Fsp3) is 0.800. The monoisotopic (exact) mass is 167 g/mol. The largest absolute Gasteiger partial charge is 0.479 e. The van der Waals surface area contributed by atoms with Gasteiger partial charge in [0.05, 0.1) is 6.61 Å². The van der Waals surface area contributed by atoms with Gasteiger partial charge in [-0.25, -0.2) is 4.79 Å². The molecule has 0 saturated carbocycles. The van der Waals surface area contributed by atoms with Gasteiger partial charge in [-0.1, -0.05) is 0 Å². The van der Waals surface area contributed by atoms with E-state index in [0.717, 1.165) is 0 Å². The average molecular weight is 168 g/mol. The van der Waals surface area contributed by atoms with Crippen LogP contribution in [0.2, 0.25) is 0 Å². The minimum Gasteiger partial charge on any atom is -0.479 e. The molecule has 3 N–H and O–H groups in total. The third-order valence-electron chi connectivity index (χ3n) is 1.30. The van der Waals surface area contributed by atoms with Crippen molar-refractivity contribution in [3.63, 3.8) is 0 Å². The Morgan fingerprint density at radius 1 is 1.70 bits per heavy atom. The predicted molar refractivity (Wildman–Crippen MR) is 37.2 cm³/mol. The van der Waals surface area contributed by atoms with Crippen molar-refractivity contribution in [3.8, 4) is 0 Å². The molecule has 2 atom stereocenters. The number of halogens is 1. The molecule has 1 aliphatic rings. The van der Waals surface area contributed by atoms with Gasteiger partial charge in [-0.3, -0.25) is 0 Å². The summed E-state index contributed by atoms with van der Waals surface area (Å²) in [6.45, 7) is 0.372. The molecule has 0 aromatic heterocycles. The van der Waals surface area contributed by atoms with Gasteiger partial charge in [-0.05, 0) is 0 Å². The molecule has 0 bridgehead atoms. The second kappa shape index (κ2) is 3.75. The molecule has 60 valence electrons. The maximum Gasteiger partial charge on any atom is 0.332 e. The summed E-state index contributed by atoms with van der Waals surface area (Å²) in [5, 5.41) is 8.35. The van der Waals surface area contributed by atoms with Crippen LogP contribution in [0.1, 0.15) is 6.42 Å². The second-order valence-corrected chi connectivity index (χ2v) is 2.16. The zero-order valence-electron chi connectivity index (χ0n) is 5.32. The van der Waals surface area contributed by atoms with Crippen LogP contribution in [0.4, 0.5) is 0 Å². The molecule has 10 heavy (non-hydrogen) atoms. The molecule has 5 heteroatoms. The van der Waals surface area contributed by atoms with Crippen LogP contribution < -0.4 is 5.73 Å². The summed E-state index contributed by atoms with van der Waals surface area (Å²) >= 11 is 0. The SMILES string of the molecule is Cl.N[C@H]1CO[C@@H](C(=O)O)C1. The van der Waals surface area contributed by atoms with Gasteiger partial charge in [-0.15, -0.1) is 12.4 Å². The van der Waals surface area contributed by atoms with Crippen molar-refractivity contribution in [2.45, 2.75) is 18.6 Å². The summed E-state index contributed by atoms with van der Waals surface area (Å²) in [4.78, 5) is 10.2. The molecule has 0 aromatic rings. The molecule has 4 nitrogen and oxygen atoms in total. The number of hydrogen-bond donors (Lipinski definition) is 2. The number of carboxylic acids is 1. The van der Waals surface area contributed by atoms with Crippen LogP contribution in [0, 0.1) is 0 Å². The molecule has 0 unspecified atom stereocenters. The molecule has 0 amide bonds. The normalized spacial score (nSPS) is 31.3. The van der Waals surface area contributed by atoms with Gasteiger partial charge in [0.25, 0.3) is 0 Å². The Labute approximate surface area is 64.8 Å². The minimum atomic E-state index is -0.914. The van der Waals surface area contributed by atoms with Gasteiger partial charge >= 0.3 is 5.97 Å². The van der Waals surface area contributed by atoms with Gasteiger partial charge < -0.3 is 15.6 Å². The Balaban J connectivity index is 0.000000810. The van der Waals surface area contributed by atoms with Crippen molar-refractivity contribution in [2.24, 2.45) is 5.73 Å². The standard InChI is InChI=1S/C5H9NO3.ClH/c6-3-1-4(5(7)8)9-2-3;/h3-4H,1-2,6H2,(H,7,8);1H/t3-,4-;/m1./s1. The molecule has 1 fully saturated rings. The summed E-state index contributed by atoms with van der Waals surface area (Å²) in [5.74, 6) is -0.914. The van der Waals surface area contributed by atoms with Crippen LogP contribution in [0.25, 0.3) is 0 Å². The van der Waals surface area contributed by atoms with Crippen LogP contribution in [-0.4, -0.2) is 29.8 Å².